The molecule has 0 radical (unpaired) electrons. The first kappa shape index (κ1) is 19.2. The van der Waals surface area contributed by atoms with Crippen LogP contribution in [0.2, 0.25) is 0 Å². The Bertz CT molecular complexity index is 804. The van der Waals surface area contributed by atoms with Gasteiger partial charge in [0.15, 0.2) is 11.5 Å². The molecule has 1 heterocycles. The number of hydrazine groups is 1. The summed E-state index contributed by atoms with van der Waals surface area (Å²) in [5.74, 6) is 1.33. The molecule has 2 aromatic rings. The van der Waals surface area contributed by atoms with Crippen LogP contribution >= 0.6 is 0 Å². The molecule has 3 rings (SSSR count). The van der Waals surface area contributed by atoms with Crippen LogP contribution in [0.1, 0.15) is 37.9 Å². The van der Waals surface area contributed by atoms with E-state index in [-0.39, 0.29) is 11.9 Å². The smallest absolute Gasteiger partial charge is 0.161 e. The van der Waals surface area contributed by atoms with Gasteiger partial charge in [0.1, 0.15) is 5.82 Å². The summed E-state index contributed by atoms with van der Waals surface area (Å²) < 4.78 is 24.6. The van der Waals surface area contributed by atoms with Gasteiger partial charge in [-0.25, -0.2) is 9.40 Å². The molecule has 2 aromatic carbocycles. The summed E-state index contributed by atoms with van der Waals surface area (Å²) in [5.41, 5.74) is 3.38. The molecule has 0 bridgehead atoms. The van der Waals surface area contributed by atoms with Crippen LogP contribution in [0.15, 0.2) is 54.2 Å². The van der Waals surface area contributed by atoms with E-state index in [9.17, 15) is 4.39 Å². The van der Waals surface area contributed by atoms with Crippen molar-refractivity contribution in [3.63, 3.8) is 0 Å². The van der Waals surface area contributed by atoms with E-state index in [1.165, 1.54) is 17.8 Å². The van der Waals surface area contributed by atoms with Gasteiger partial charge in [-0.05, 0) is 62.2 Å². The molecule has 0 saturated carbocycles. The maximum atomic E-state index is 13.2. The van der Waals surface area contributed by atoms with Gasteiger partial charge < -0.3 is 14.5 Å². The molecule has 4 nitrogen and oxygen atoms in total. The highest BCUT2D eigenvalue weighted by Crippen LogP contribution is 2.37. The van der Waals surface area contributed by atoms with E-state index in [4.69, 9.17) is 9.47 Å². The summed E-state index contributed by atoms with van der Waals surface area (Å²) in [4.78, 5) is 0. The van der Waals surface area contributed by atoms with E-state index in [2.05, 4.69) is 42.2 Å². The minimum absolute atomic E-state index is 0.111. The number of benzene rings is 2. The minimum Gasteiger partial charge on any atom is -0.490 e. The van der Waals surface area contributed by atoms with Gasteiger partial charge in [-0.2, -0.15) is 0 Å². The summed E-state index contributed by atoms with van der Waals surface area (Å²) in [7, 11) is 2.07. The molecule has 0 aliphatic carbocycles. The lowest BCUT2D eigenvalue weighted by molar-refractivity contribution is 0.0268. The lowest BCUT2D eigenvalue weighted by Crippen LogP contribution is -2.34. The zero-order chi connectivity index (χ0) is 19.4. The Morgan fingerprint density at radius 2 is 1.63 bits per heavy atom. The van der Waals surface area contributed by atoms with Crippen LogP contribution in [0, 0.1) is 5.82 Å². The van der Waals surface area contributed by atoms with Crippen LogP contribution in [-0.4, -0.2) is 30.3 Å². The summed E-state index contributed by atoms with van der Waals surface area (Å²) in [6.45, 7) is 7.93. The number of nitrogens with zero attached hydrogens (tertiary/aromatic N) is 2. The third-order valence-electron chi connectivity index (χ3n) is 4.74. The second kappa shape index (κ2) is 8.44. The Hall–Kier alpha value is -2.53. The summed E-state index contributed by atoms with van der Waals surface area (Å²) >= 11 is 0. The van der Waals surface area contributed by atoms with Crippen molar-refractivity contribution in [2.24, 2.45) is 0 Å². The third-order valence-corrected chi connectivity index (χ3v) is 4.74. The van der Waals surface area contributed by atoms with Crippen LogP contribution in [0.25, 0.3) is 0 Å². The fourth-order valence-corrected chi connectivity index (χ4v) is 3.38. The average Bonchev–Trinajstić information content (AvgIpc) is 2.93. The second-order valence-electron chi connectivity index (χ2n) is 6.58. The normalized spacial score (nSPS) is 17.1. The van der Waals surface area contributed by atoms with Crippen molar-refractivity contribution in [3.8, 4) is 11.5 Å². The van der Waals surface area contributed by atoms with Gasteiger partial charge in [-0.15, -0.1) is 0 Å². The molecule has 0 amide bonds. The molecule has 1 unspecified atom stereocenters. The largest absolute Gasteiger partial charge is 0.490 e. The van der Waals surface area contributed by atoms with Gasteiger partial charge in [0.25, 0.3) is 0 Å². The van der Waals surface area contributed by atoms with Crippen molar-refractivity contribution in [2.45, 2.75) is 33.4 Å². The van der Waals surface area contributed by atoms with E-state index in [0.29, 0.717) is 19.8 Å². The SMILES string of the molecule is CCOc1ccc(C2C=C(C)N(Cc3ccc(F)cc3)N2C)cc1OCC. The molecule has 5 heteroatoms. The zero-order valence-electron chi connectivity index (χ0n) is 16.4. The first-order valence-corrected chi connectivity index (χ1v) is 9.36. The number of likely N-dealkylation sites (N-methyl/N-ethyl adjacent to an activating group) is 1. The number of allylic oxidation sites excluding steroid dienone is 1. The first-order chi connectivity index (χ1) is 13.0. The Balaban J connectivity index is 1.81. The monoisotopic (exact) mass is 370 g/mol. The van der Waals surface area contributed by atoms with E-state index < -0.39 is 0 Å². The van der Waals surface area contributed by atoms with Gasteiger partial charge >= 0.3 is 0 Å². The third kappa shape index (κ3) is 4.25. The van der Waals surface area contributed by atoms with Crippen LogP contribution in [0.4, 0.5) is 4.39 Å². The van der Waals surface area contributed by atoms with Crippen molar-refractivity contribution in [1.82, 2.24) is 10.0 Å². The lowest BCUT2D eigenvalue weighted by atomic mass is 10.1. The number of halogens is 1. The zero-order valence-corrected chi connectivity index (χ0v) is 16.4. The molecule has 1 atom stereocenters. The van der Waals surface area contributed by atoms with Crippen LogP contribution in [-0.2, 0) is 6.54 Å². The highest BCUT2D eigenvalue weighted by atomic mass is 19.1. The quantitative estimate of drug-likeness (QED) is 0.690. The van der Waals surface area contributed by atoms with Crippen molar-refractivity contribution in [3.05, 3.63) is 71.2 Å². The number of hydrogen-bond donors (Lipinski definition) is 0. The molecule has 1 aliphatic heterocycles. The van der Waals surface area contributed by atoms with Crippen LogP contribution in [0.3, 0.4) is 0 Å². The first-order valence-electron chi connectivity index (χ1n) is 9.36. The van der Waals surface area contributed by atoms with E-state index >= 15 is 0 Å². The molecule has 144 valence electrons. The summed E-state index contributed by atoms with van der Waals surface area (Å²) in [5, 5.41) is 4.40. The Morgan fingerprint density at radius 1 is 0.963 bits per heavy atom. The Morgan fingerprint density at radius 3 is 2.30 bits per heavy atom. The average molecular weight is 370 g/mol. The molecule has 27 heavy (non-hydrogen) atoms. The van der Waals surface area contributed by atoms with Gasteiger partial charge in [0.2, 0.25) is 0 Å². The van der Waals surface area contributed by atoms with Gasteiger partial charge in [-0.1, -0.05) is 18.2 Å². The summed E-state index contributed by atoms with van der Waals surface area (Å²) in [6, 6.07) is 12.9. The topological polar surface area (TPSA) is 24.9 Å². The fraction of sp³-hybridized carbons (Fsp3) is 0.364. The molecule has 0 aromatic heterocycles. The van der Waals surface area contributed by atoms with E-state index in [0.717, 1.165) is 22.6 Å². The van der Waals surface area contributed by atoms with Crippen molar-refractivity contribution in [1.29, 1.82) is 0 Å². The molecule has 0 spiro atoms. The predicted octanol–water partition coefficient (Wildman–Crippen LogP) is 4.93. The maximum Gasteiger partial charge on any atom is 0.161 e. The molecule has 0 saturated heterocycles. The van der Waals surface area contributed by atoms with Crippen molar-refractivity contribution >= 4 is 0 Å². The molecule has 0 N–H and O–H groups in total. The highest BCUT2D eigenvalue weighted by Gasteiger charge is 2.28. The number of hydrogen-bond acceptors (Lipinski definition) is 4. The van der Waals surface area contributed by atoms with Crippen molar-refractivity contribution < 1.29 is 13.9 Å². The number of rotatable bonds is 7. The molecular formula is C22H27FN2O2. The maximum absolute atomic E-state index is 13.2. The van der Waals surface area contributed by atoms with Gasteiger partial charge in [0, 0.05) is 12.7 Å². The van der Waals surface area contributed by atoms with Crippen molar-refractivity contribution in [2.75, 3.05) is 20.3 Å². The second-order valence-corrected chi connectivity index (χ2v) is 6.58. The highest BCUT2D eigenvalue weighted by molar-refractivity contribution is 5.45. The standard InChI is InChI=1S/C22H27FN2O2/c1-5-26-21-12-9-18(14-22(21)27-6-2)20-13-16(3)25(24(20)4)15-17-7-10-19(23)11-8-17/h7-14,20H,5-6,15H2,1-4H3. The van der Waals surface area contributed by atoms with Gasteiger partial charge in [0.05, 0.1) is 25.8 Å². The predicted molar refractivity (Wildman–Crippen MR) is 105 cm³/mol. The number of ether oxygens (including phenoxy) is 2. The van der Waals surface area contributed by atoms with Crippen LogP contribution in [0.5, 0.6) is 11.5 Å². The Labute approximate surface area is 160 Å². The van der Waals surface area contributed by atoms with E-state index in [1.54, 1.807) is 0 Å². The van der Waals surface area contributed by atoms with Crippen LogP contribution < -0.4 is 9.47 Å². The minimum atomic E-state index is -0.212. The Kier molecular flexibility index (Phi) is 6.01. The fourth-order valence-electron chi connectivity index (χ4n) is 3.38. The van der Waals surface area contributed by atoms with E-state index in [1.807, 2.05) is 32.0 Å². The van der Waals surface area contributed by atoms with Gasteiger partial charge in [-0.3, -0.25) is 0 Å². The summed E-state index contributed by atoms with van der Waals surface area (Å²) in [6.07, 6.45) is 2.23. The lowest BCUT2D eigenvalue weighted by Gasteiger charge is -2.32. The molecule has 0 fully saturated rings. The molecular weight excluding hydrogens is 343 g/mol. The molecule has 1 aliphatic rings.